The van der Waals surface area contributed by atoms with Crippen LogP contribution in [0.3, 0.4) is 0 Å². The molecule has 0 rings (SSSR count). The van der Waals surface area contributed by atoms with Crippen molar-refractivity contribution in [3.63, 3.8) is 0 Å². The summed E-state index contributed by atoms with van der Waals surface area (Å²) in [5.74, 6) is -0.199. The number of aliphatic hydroxyl groups excluding tert-OH is 1. The van der Waals surface area contributed by atoms with Crippen molar-refractivity contribution in [2.75, 3.05) is 40.9 Å². The number of carbonyl (C=O) groups is 1. The van der Waals surface area contributed by atoms with Crippen LogP contribution < -0.4 is 10.2 Å². The van der Waals surface area contributed by atoms with E-state index >= 15 is 0 Å². The number of rotatable bonds is 49. The SMILES string of the molecule is CCCCCCCCCCC/C=C\C/C=C\CCCCCCCCCCCCCC(=O)NC(COP(=O)([O-])OCC[N+](C)(C)C)C(O)/C=C/CCCCCCCCCCCCCC. The lowest BCUT2D eigenvalue weighted by Crippen LogP contribution is -2.45. The Hall–Kier alpha value is -1.28. The van der Waals surface area contributed by atoms with Gasteiger partial charge in [0, 0.05) is 6.42 Å². The van der Waals surface area contributed by atoms with Crippen LogP contribution in [0.2, 0.25) is 0 Å². The minimum Gasteiger partial charge on any atom is -0.756 e. The Morgan fingerprint density at radius 2 is 0.921 bits per heavy atom. The van der Waals surface area contributed by atoms with E-state index in [0.29, 0.717) is 17.4 Å². The molecule has 8 nitrogen and oxygen atoms in total. The van der Waals surface area contributed by atoms with Crippen molar-refractivity contribution in [1.29, 1.82) is 0 Å². The number of amides is 1. The number of hydrogen-bond acceptors (Lipinski definition) is 6. The van der Waals surface area contributed by atoms with Crippen LogP contribution in [0.25, 0.3) is 0 Å². The molecule has 0 saturated heterocycles. The Balaban J connectivity index is 4.18. The van der Waals surface area contributed by atoms with Gasteiger partial charge in [-0.3, -0.25) is 9.36 Å². The van der Waals surface area contributed by atoms with E-state index in [4.69, 9.17) is 9.05 Å². The van der Waals surface area contributed by atoms with Crippen LogP contribution in [0.15, 0.2) is 36.5 Å². The highest BCUT2D eigenvalue weighted by Crippen LogP contribution is 2.38. The quantitative estimate of drug-likeness (QED) is 0.0272. The van der Waals surface area contributed by atoms with Crippen molar-refractivity contribution >= 4 is 13.7 Å². The van der Waals surface area contributed by atoms with Crippen LogP contribution >= 0.6 is 7.82 Å². The average molecular weight is 909 g/mol. The molecule has 2 N–H and O–H groups in total. The van der Waals surface area contributed by atoms with E-state index in [2.05, 4.69) is 43.5 Å². The summed E-state index contributed by atoms with van der Waals surface area (Å²) in [7, 11) is 1.26. The average Bonchev–Trinajstić information content (AvgIpc) is 3.24. The summed E-state index contributed by atoms with van der Waals surface area (Å²) in [4.78, 5) is 25.4. The zero-order valence-electron chi connectivity index (χ0n) is 42.3. The number of nitrogens with zero attached hydrogens (tertiary/aromatic N) is 1. The van der Waals surface area contributed by atoms with Gasteiger partial charge in [-0.2, -0.15) is 0 Å². The van der Waals surface area contributed by atoms with Crippen molar-refractivity contribution in [2.24, 2.45) is 0 Å². The maximum absolute atomic E-state index is 12.9. The summed E-state index contributed by atoms with van der Waals surface area (Å²) < 4.78 is 23.3. The van der Waals surface area contributed by atoms with Crippen LogP contribution in [-0.4, -0.2) is 68.5 Å². The molecule has 9 heteroatoms. The third-order valence-electron chi connectivity index (χ3n) is 12.1. The maximum Gasteiger partial charge on any atom is 0.268 e. The second-order valence-electron chi connectivity index (χ2n) is 19.6. The molecule has 0 aromatic rings. The fraction of sp³-hybridized carbons (Fsp3) is 0.870. The predicted octanol–water partition coefficient (Wildman–Crippen LogP) is 15.2. The Labute approximate surface area is 391 Å². The highest BCUT2D eigenvalue weighted by Gasteiger charge is 2.23. The summed E-state index contributed by atoms with van der Waals surface area (Å²) in [6.07, 6.45) is 57.8. The van der Waals surface area contributed by atoms with Gasteiger partial charge in [-0.25, -0.2) is 0 Å². The van der Waals surface area contributed by atoms with Gasteiger partial charge in [0.1, 0.15) is 13.2 Å². The first-order valence-corrected chi connectivity index (χ1v) is 28.3. The van der Waals surface area contributed by atoms with Crippen molar-refractivity contribution < 1.29 is 32.9 Å². The van der Waals surface area contributed by atoms with E-state index < -0.39 is 20.0 Å². The van der Waals surface area contributed by atoms with Crippen LogP contribution in [0.5, 0.6) is 0 Å². The number of likely N-dealkylation sites (N-methyl/N-ethyl adjacent to an activating group) is 1. The molecule has 0 bridgehead atoms. The molecule has 0 saturated carbocycles. The zero-order chi connectivity index (χ0) is 46.4. The molecule has 1 amide bonds. The molecule has 0 aliphatic heterocycles. The smallest absolute Gasteiger partial charge is 0.268 e. The van der Waals surface area contributed by atoms with E-state index in [1.165, 1.54) is 186 Å². The molecule has 63 heavy (non-hydrogen) atoms. The molecule has 0 heterocycles. The molecule has 0 aliphatic carbocycles. The molecule has 0 fully saturated rings. The number of aliphatic hydroxyl groups is 1. The molecule has 0 aliphatic rings. The summed E-state index contributed by atoms with van der Waals surface area (Å²) in [6, 6.07) is -0.886. The Morgan fingerprint density at radius 3 is 1.32 bits per heavy atom. The number of allylic oxidation sites excluding steroid dienone is 5. The number of hydrogen-bond donors (Lipinski definition) is 2. The summed E-state index contributed by atoms with van der Waals surface area (Å²) in [6.45, 7) is 4.66. The van der Waals surface area contributed by atoms with Crippen LogP contribution in [0.4, 0.5) is 0 Å². The lowest BCUT2D eigenvalue weighted by atomic mass is 10.0. The number of unbranched alkanes of at least 4 members (excludes halogenated alkanes) is 32. The Bertz CT molecular complexity index is 1120. The van der Waals surface area contributed by atoms with Gasteiger partial charge in [0.05, 0.1) is 39.9 Å². The number of quaternary nitrogens is 1. The van der Waals surface area contributed by atoms with Gasteiger partial charge in [-0.05, 0) is 51.4 Å². The van der Waals surface area contributed by atoms with Gasteiger partial charge in [0.15, 0.2) is 0 Å². The van der Waals surface area contributed by atoms with Gasteiger partial charge in [0.25, 0.3) is 7.82 Å². The topological polar surface area (TPSA) is 108 Å². The molecule has 0 aromatic carbocycles. The third-order valence-corrected chi connectivity index (χ3v) is 13.1. The molecule has 0 radical (unpaired) electrons. The molecular formula is C54H105N2O6P. The van der Waals surface area contributed by atoms with E-state index in [1.807, 2.05) is 27.2 Å². The van der Waals surface area contributed by atoms with Gasteiger partial charge >= 0.3 is 0 Å². The maximum atomic E-state index is 12.9. The first-order valence-electron chi connectivity index (χ1n) is 26.9. The number of phosphoric ester groups is 1. The molecular weight excluding hydrogens is 804 g/mol. The lowest BCUT2D eigenvalue weighted by Gasteiger charge is -2.29. The fourth-order valence-corrected chi connectivity index (χ4v) is 8.55. The van der Waals surface area contributed by atoms with Gasteiger partial charge in [0.2, 0.25) is 5.91 Å². The minimum atomic E-state index is -4.59. The fourth-order valence-electron chi connectivity index (χ4n) is 7.83. The zero-order valence-corrected chi connectivity index (χ0v) is 43.2. The van der Waals surface area contributed by atoms with Crippen molar-refractivity contribution in [1.82, 2.24) is 5.32 Å². The monoisotopic (exact) mass is 909 g/mol. The first kappa shape index (κ1) is 61.7. The van der Waals surface area contributed by atoms with Crippen molar-refractivity contribution in [3.05, 3.63) is 36.5 Å². The largest absolute Gasteiger partial charge is 0.756 e. The molecule has 372 valence electrons. The lowest BCUT2D eigenvalue weighted by molar-refractivity contribution is -0.870. The second kappa shape index (κ2) is 45.9. The summed E-state index contributed by atoms with van der Waals surface area (Å²) >= 11 is 0. The first-order chi connectivity index (χ1) is 30.5. The number of nitrogens with one attached hydrogen (secondary N) is 1. The van der Waals surface area contributed by atoms with Crippen molar-refractivity contribution in [3.8, 4) is 0 Å². The second-order valence-corrected chi connectivity index (χ2v) is 21.0. The standard InChI is InChI=1S/C54H105N2O6P/c1-6-8-10-12-14-16-18-20-22-23-24-25-26-27-28-29-30-31-32-33-34-36-38-40-42-44-46-48-54(58)55-52(51-62-63(59,60)61-50-49-56(3,4)5)53(57)47-45-43-41-39-37-35-21-19-17-15-13-11-9-7-2/h24-25,27-28,45,47,52-53,57H,6-23,26,29-44,46,48-51H2,1-5H3,(H-,55,58,59,60)/b25-24-,28-27-,47-45+. The molecule has 3 unspecified atom stereocenters. The van der Waals surface area contributed by atoms with E-state index in [1.54, 1.807) is 6.08 Å². The normalized spacial score (nSPS) is 14.3. The number of carbonyl (C=O) groups excluding carboxylic acids is 1. The van der Waals surface area contributed by atoms with E-state index in [9.17, 15) is 19.4 Å². The highest BCUT2D eigenvalue weighted by atomic mass is 31.2. The van der Waals surface area contributed by atoms with Gasteiger partial charge in [-0.15, -0.1) is 0 Å². The number of phosphoric acid groups is 1. The Morgan fingerprint density at radius 1 is 0.556 bits per heavy atom. The Kier molecular flexibility index (Phi) is 44.9. The van der Waals surface area contributed by atoms with Crippen molar-refractivity contribution in [2.45, 2.75) is 264 Å². The molecule has 0 aromatic heterocycles. The molecule has 3 atom stereocenters. The predicted molar refractivity (Wildman–Crippen MR) is 270 cm³/mol. The summed E-state index contributed by atoms with van der Waals surface area (Å²) in [5.41, 5.74) is 0. The van der Waals surface area contributed by atoms with E-state index in [0.717, 1.165) is 44.9 Å². The van der Waals surface area contributed by atoms with Crippen LogP contribution in [-0.2, 0) is 18.4 Å². The van der Waals surface area contributed by atoms with Crippen LogP contribution in [0.1, 0.15) is 251 Å². The third kappa shape index (κ3) is 48.5. The minimum absolute atomic E-state index is 0.00110. The van der Waals surface area contributed by atoms with E-state index in [-0.39, 0.29) is 19.1 Å². The highest BCUT2D eigenvalue weighted by molar-refractivity contribution is 7.45. The van der Waals surface area contributed by atoms with Gasteiger partial charge < -0.3 is 28.8 Å². The molecule has 0 spiro atoms. The van der Waals surface area contributed by atoms with Crippen LogP contribution in [0, 0.1) is 0 Å². The summed E-state index contributed by atoms with van der Waals surface area (Å²) in [5, 5.41) is 13.8. The van der Waals surface area contributed by atoms with Gasteiger partial charge in [-0.1, -0.05) is 230 Å².